The van der Waals surface area contributed by atoms with E-state index in [-0.39, 0.29) is 12.1 Å². The molecule has 0 spiro atoms. The van der Waals surface area contributed by atoms with Crippen LogP contribution in [-0.2, 0) is 11.0 Å². The monoisotopic (exact) mass is 590 g/mol. The lowest BCUT2D eigenvalue weighted by atomic mass is 9.80. The first-order valence-corrected chi connectivity index (χ1v) is 13.4. The Kier molecular flexibility index (Phi) is 7.91. The van der Waals surface area contributed by atoms with Gasteiger partial charge >= 0.3 is 6.18 Å². The molecule has 5 rings (SSSR count). The molecule has 0 saturated carbocycles. The molecular weight excluding hydrogens is 564 g/mol. The predicted molar refractivity (Wildman–Crippen MR) is 150 cm³/mol. The number of hydrogen-bond acceptors (Lipinski definition) is 5. The predicted octanol–water partition coefficient (Wildman–Crippen LogP) is 5.46. The van der Waals surface area contributed by atoms with Crippen LogP contribution in [0.3, 0.4) is 0 Å². The minimum Gasteiger partial charge on any atom is -0.339 e. The minimum absolute atomic E-state index is 0.163. The molecule has 1 aliphatic rings. The second-order valence-electron chi connectivity index (χ2n) is 9.99. The molecule has 0 saturated heterocycles. The van der Waals surface area contributed by atoms with Gasteiger partial charge in [-0.15, -0.1) is 0 Å². The number of carbonyl (C=O) groups is 2. The second kappa shape index (κ2) is 11.6. The van der Waals surface area contributed by atoms with E-state index in [9.17, 15) is 32.4 Å². The summed E-state index contributed by atoms with van der Waals surface area (Å²) in [6.07, 6.45) is -2.77. The molecule has 4 aromatic rings. The summed E-state index contributed by atoms with van der Waals surface area (Å²) in [6, 6.07) is 16.4. The largest absolute Gasteiger partial charge is 0.416 e. The van der Waals surface area contributed by atoms with Crippen LogP contribution in [0.15, 0.2) is 78.9 Å². The Morgan fingerprint density at radius 1 is 1.07 bits per heavy atom. The van der Waals surface area contributed by atoms with E-state index in [4.69, 9.17) is 5.10 Å². The van der Waals surface area contributed by atoms with Crippen LogP contribution >= 0.6 is 0 Å². The number of nitriles is 1. The Morgan fingerprint density at radius 3 is 2.40 bits per heavy atom. The molecule has 2 N–H and O–H groups in total. The van der Waals surface area contributed by atoms with Gasteiger partial charge in [0.1, 0.15) is 17.7 Å². The molecule has 2 heterocycles. The topological polar surface area (TPSA) is 103 Å². The van der Waals surface area contributed by atoms with Gasteiger partial charge in [-0.3, -0.25) is 14.5 Å². The van der Waals surface area contributed by atoms with Crippen molar-refractivity contribution < 1.29 is 27.2 Å². The molecule has 8 nitrogen and oxygen atoms in total. The number of amides is 2. The van der Waals surface area contributed by atoms with Crippen molar-refractivity contribution in [1.29, 1.82) is 5.26 Å². The zero-order chi connectivity index (χ0) is 30.9. The summed E-state index contributed by atoms with van der Waals surface area (Å²) in [7, 11) is 0. The van der Waals surface area contributed by atoms with Gasteiger partial charge in [-0.1, -0.05) is 36.4 Å². The third kappa shape index (κ3) is 5.53. The molecule has 0 aliphatic carbocycles. The number of alkyl halides is 3. The van der Waals surface area contributed by atoms with E-state index in [1.54, 1.807) is 42.8 Å². The summed E-state index contributed by atoms with van der Waals surface area (Å²) in [5, 5.41) is 19.6. The number of benzene rings is 3. The highest BCUT2D eigenvalue weighted by Gasteiger charge is 2.47. The Balaban J connectivity index is 1.72. The van der Waals surface area contributed by atoms with Crippen LogP contribution in [0.25, 0.3) is 5.69 Å². The molecule has 0 unspecified atom stereocenters. The molecule has 220 valence electrons. The van der Waals surface area contributed by atoms with Gasteiger partial charge in [0.25, 0.3) is 11.8 Å². The van der Waals surface area contributed by atoms with Crippen molar-refractivity contribution in [3.05, 3.63) is 113 Å². The van der Waals surface area contributed by atoms with Gasteiger partial charge in [-0.05, 0) is 61.9 Å². The Morgan fingerprint density at radius 2 is 1.77 bits per heavy atom. The number of anilines is 1. The molecule has 12 heteroatoms. The van der Waals surface area contributed by atoms with Crippen LogP contribution in [0, 0.1) is 17.3 Å². The molecule has 0 radical (unpaired) electrons. The molecule has 0 fully saturated rings. The van der Waals surface area contributed by atoms with E-state index in [0.29, 0.717) is 28.3 Å². The first-order valence-electron chi connectivity index (χ1n) is 13.4. The lowest BCUT2D eigenvalue weighted by Crippen LogP contribution is -2.55. The van der Waals surface area contributed by atoms with E-state index >= 15 is 0 Å². The third-order valence-corrected chi connectivity index (χ3v) is 7.33. The SMILES string of the molecule is CCN1C(=O)[C@@H](NC(=O)c2cccc(C(F)(F)F)c2)[C@@H](c2ccc(F)cc2)c2c([C@@H](C)NC#N)nn(-c3ccccc3)c21. The van der Waals surface area contributed by atoms with Crippen molar-refractivity contribution in [2.24, 2.45) is 0 Å². The minimum atomic E-state index is -4.67. The fourth-order valence-corrected chi connectivity index (χ4v) is 5.35. The van der Waals surface area contributed by atoms with Gasteiger partial charge in [-0.25, -0.2) is 9.07 Å². The summed E-state index contributed by atoms with van der Waals surface area (Å²) >= 11 is 0. The van der Waals surface area contributed by atoms with Gasteiger partial charge in [0, 0.05) is 23.6 Å². The molecule has 1 aromatic heterocycles. The normalized spacial score (nSPS) is 17.1. The molecule has 2 amide bonds. The first kappa shape index (κ1) is 29.3. The van der Waals surface area contributed by atoms with Gasteiger partial charge in [0.05, 0.1) is 23.0 Å². The third-order valence-electron chi connectivity index (χ3n) is 7.33. The van der Waals surface area contributed by atoms with Crippen LogP contribution in [-0.4, -0.2) is 34.2 Å². The van der Waals surface area contributed by atoms with Crippen molar-refractivity contribution in [1.82, 2.24) is 20.4 Å². The van der Waals surface area contributed by atoms with E-state index in [0.717, 1.165) is 18.2 Å². The molecule has 43 heavy (non-hydrogen) atoms. The number of para-hydroxylation sites is 1. The van der Waals surface area contributed by atoms with E-state index in [2.05, 4.69) is 10.6 Å². The number of fused-ring (bicyclic) bond motifs is 1. The lowest BCUT2D eigenvalue weighted by Gasteiger charge is -2.38. The standard InChI is InChI=1S/C31H26F4N6O2/c1-3-40-29-25(26(18(2)37-17-36)39-41(29)23-10-5-4-6-11-23)24(19-12-14-22(32)15-13-19)27(30(40)43)38-28(42)20-8-7-9-21(16-20)31(33,34)35/h4-16,18,24,27,37H,3H2,1-2H3,(H,38,42)/t18-,24+,27+/m1/s1. The van der Waals surface area contributed by atoms with E-state index < -0.39 is 47.4 Å². The van der Waals surface area contributed by atoms with Crippen molar-refractivity contribution >= 4 is 17.6 Å². The Labute approximate surface area is 244 Å². The highest BCUT2D eigenvalue weighted by Crippen LogP contribution is 2.45. The zero-order valence-electron chi connectivity index (χ0n) is 23.1. The van der Waals surface area contributed by atoms with E-state index in [1.807, 2.05) is 12.3 Å². The van der Waals surface area contributed by atoms with Crippen molar-refractivity contribution in [3.63, 3.8) is 0 Å². The van der Waals surface area contributed by atoms with Crippen LogP contribution < -0.4 is 15.5 Å². The summed E-state index contributed by atoms with van der Waals surface area (Å²) < 4.78 is 55.8. The number of rotatable bonds is 7. The number of aromatic nitrogens is 2. The van der Waals surface area contributed by atoms with Crippen LogP contribution in [0.1, 0.15) is 58.5 Å². The Bertz CT molecular complexity index is 1700. The van der Waals surface area contributed by atoms with Crippen LogP contribution in [0.5, 0.6) is 0 Å². The summed E-state index contributed by atoms with van der Waals surface area (Å²) in [5.74, 6) is -2.48. The molecule has 0 bridgehead atoms. The fourth-order valence-electron chi connectivity index (χ4n) is 5.35. The fraction of sp³-hybridized carbons (Fsp3) is 0.226. The molecule has 3 atom stereocenters. The molecule has 3 aromatic carbocycles. The number of likely N-dealkylation sites (N-methyl/N-ethyl adjacent to an activating group) is 1. The number of halogens is 4. The van der Waals surface area contributed by atoms with Crippen molar-refractivity contribution in [2.45, 2.75) is 38.0 Å². The van der Waals surface area contributed by atoms with Gasteiger partial charge < -0.3 is 10.6 Å². The maximum atomic E-state index is 14.2. The highest BCUT2D eigenvalue weighted by atomic mass is 19.4. The summed E-state index contributed by atoms with van der Waals surface area (Å²) in [5.41, 5.74) is 0.698. The number of carbonyl (C=O) groups excluding carboxylic acids is 2. The van der Waals surface area contributed by atoms with Gasteiger partial charge in [0.15, 0.2) is 6.19 Å². The van der Waals surface area contributed by atoms with E-state index in [1.165, 1.54) is 35.2 Å². The quantitative estimate of drug-likeness (QED) is 0.169. The number of nitrogens with zero attached hydrogens (tertiary/aromatic N) is 4. The number of nitrogens with one attached hydrogen (secondary N) is 2. The van der Waals surface area contributed by atoms with Gasteiger partial charge in [0.2, 0.25) is 0 Å². The molecule has 1 aliphatic heterocycles. The number of hydrogen-bond donors (Lipinski definition) is 2. The zero-order valence-corrected chi connectivity index (χ0v) is 23.1. The average molecular weight is 591 g/mol. The summed E-state index contributed by atoms with van der Waals surface area (Å²) in [6.45, 7) is 3.62. The van der Waals surface area contributed by atoms with Gasteiger partial charge in [-0.2, -0.15) is 23.5 Å². The maximum Gasteiger partial charge on any atom is 0.416 e. The first-order chi connectivity index (χ1) is 20.5. The van der Waals surface area contributed by atoms with Crippen molar-refractivity contribution in [3.8, 4) is 11.9 Å². The molecular formula is C31H26F4N6O2. The smallest absolute Gasteiger partial charge is 0.339 e. The highest BCUT2D eigenvalue weighted by molar-refractivity contribution is 6.05. The average Bonchev–Trinajstić information content (AvgIpc) is 3.38. The second-order valence-corrected chi connectivity index (χ2v) is 9.99. The van der Waals surface area contributed by atoms with Crippen molar-refractivity contribution in [2.75, 3.05) is 11.4 Å². The lowest BCUT2D eigenvalue weighted by molar-refractivity contribution is -0.137. The Hall–Kier alpha value is -5.18. The maximum absolute atomic E-state index is 14.2. The van der Waals surface area contributed by atoms with Crippen LogP contribution in [0.2, 0.25) is 0 Å². The van der Waals surface area contributed by atoms with Crippen LogP contribution in [0.4, 0.5) is 23.4 Å². The summed E-state index contributed by atoms with van der Waals surface area (Å²) in [4.78, 5) is 29.1.